The summed E-state index contributed by atoms with van der Waals surface area (Å²) < 4.78 is 66.9. The highest BCUT2D eigenvalue weighted by Gasteiger charge is 2.34. The van der Waals surface area contributed by atoms with Crippen LogP contribution in [-0.4, -0.2) is 63.9 Å². The second-order valence-electron chi connectivity index (χ2n) is 8.45. The number of nitrogens with zero attached hydrogens (tertiary/aromatic N) is 2. The summed E-state index contributed by atoms with van der Waals surface area (Å²) in [5.74, 6) is -1.21. The lowest BCUT2D eigenvalue weighted by Gasteiger charge is -2.26. The number of carbonyl (C=O) groups excluding carboxylic acids is 1. The van der Waals surface area contributed by atoms with Crippen LogP contribution in [0.5, 0.6) is 0 Å². The molecule has 7 nitrogen and oxygen atoms in total. The molecule has 2 aliphatic heterocycles. The SMILES string of the molecule is O=C(c1ccc(S(=O)(=O)N2CCCCC2)cc1)N1CCC(c2ccccc2F)S(=O)(=O)CC1. The van der Waals surface area contributed by atoms with Gasteiger partial charge in [0.2, 0.25) is 10.0 Å². The van der Waals surface area contributed by atoms with E-state index < -0.39 is 30.9 Å². The molecule has 0 radical (unpaired) electrons. The zero-order chi connectivity index (χ0) is 23.6. The number of sulfonamides is 1. The first kappa shape index (κ1) is 23.8. The molecule has 2 aliphatic rings. The summed E-state index contributed by atoms with van der Waals surface area (Å²) in [6.45, 7) is 1.15. The van der Waals surface area contributed by atoms with Gasteiger partial charge in [-0.3, -0.25) is 4.79 Å². The number of halogens is 1. The molecule has 2 fully saturated rings. The first-order valence-electron chi connectivity index (χ1n) is 11.1. The van der Waals surface area contributed by atoms with Gasteiger partial charge in [-0.1, -0.05) is 24.6 Å². The summed E-state index contributed by atoms with van der Waals surface area (Å²) in [6.07, 6.45) is 2.78. The second kappa shape index (κ2) is 9.52. The summed E-state index contributed by atoms with van der Waals surface area (Å²) in [5.41, 5.74) is 0.411. The third kappa shape index (κ3) is 4.97. The molecule has 2 saturated heterocycles. The summed E-state index contributed by atoms with van der Waals surface area (Å²) in [7, 11) is -7.24. The lowest BCUT2D eigenvalue weighted by molar-refractivity contribution is 0.0766. The van der Waals surface area contributed by atoms with E-state index in [-0.39, 0.29) is 47.2 Å². The summed E-state index contributed by atoms with van der Waals surface area (Å²) in [6, 6.07) is 11.6. The van der Waals surface area contributed by atoms with Crippen LogP contribution in [0.4, 0.5) is 4.39 Å². The van der Waals surface area contributed by atoms with Gasteiger partial charge in [-0.15, -0.1) is 0 Å². The van der Waals surface area contributed by atoms with Gasteiger partial charge in [0.1, 0.15) is 5.82 Å². The van der Waals surface area contributed by atoms with Gasteiger partial charge in [0.15, 0.2) is 9.84 Å². The van der Waals surface area contributed by atoms with E-state index in [1.807, 2.05) is 0 Å². The molecule has 178 valence electrons. The maximum absolute atomic E-state index is 14.2. The van der Waals surface area contributed by atoms with Gasteiger partial charge in [0, 0.05) is 37.3 Å². The number of rotatable bonds is 4. The van der Waals surface area contributed by atoms with E-state index in [0.29, 0.717) is 13.1 Å². The van der Waals surface area contributed by atoms with Crippen molar-refractivity contribution in [2.45, 2.75) is 35.8 Å². The van der Waals surface area contributed by atoms with Crippen molar-refractivity contribution in [3.8, 4) is 0 Å². The Kier molecular flexibility index (Phi) is 6.88. The molecule has 0 aliphatic carbocycles. The van der Waals surface area contributed by atoms with Crippen LogP contribution in [0.2, 0.25) is 0 Å². The van der Waals surface area contributed by atoms with Gasteiger partial charge in [-0.25, -0.2) is 21.2 Å². The molecule has 0 bridgehead atoms. The van der Waals surface area contributed by atoms with Crippen molar-refractivity contribution in [1.29, 1.82) is 0 Å². The van der Waals surface area contributed by atoms with Crippen LogP contribution in [0.15, 0.2) is 53.4 Å². The van der Waals surface area contributed by atoms with E-state index in [1.54, 1.807) is 6.07 Å². The van der Waals surface area contributed by atoms with E-state index >= 15 is 0 Å². The van der Waals surface area contributed by atoms with Gasteiger partial charge in [0.25, 0.3) is 5.91 Å². The Labute approximate surface area is 194 Å². The Balaban J connectivity index is 1.50. The highest BCUT2D eigenvalue weighted by molar-refractivity contribution is 7.91. The minimum Gasteiger partial charge on any atom is -0.338 e. The fourth-order valence-electron chi connectivity index (χ4n) is 4.44. The van der Waals surface area contributed by atoms with Gasteiger partial charge in [-0.2, -0.15) is 4.31 Å². The Bertz CT molecular complexity index is 1220. The Morgan fingerprint density at radius 2 is 1.58 bits per heavy atom. The molecular weight excluding hydrogens is 467 g/mol. The van der Waals surface area contributed by atoms with Crippen molar-refractivity contribution in [2.75, 3.05) is 31.9 Å². The number of piperidine rings is 1. The second-order valence-corrected chi connectivity index (χ2v) is 12.7. The maximum Gasteiger partial charge on any atom is 0.253 e. The lowest BCUT2D eigenvalue weighted by atomic mass is 10.1. The molecule has 0 saturated carbocycles. The topological polar surface area (TPSA) is 91.8 Å². The first-order valence-corrected chi connectivity index (χ1v) is 14.2. The maximum atomic E-state index is 14.2. The van der Waals surface area contributed by atoms with Crippen molar-refractivity contribution in [3.63, 3.8) is 0 Å². The molecule has 2 heterocycles. The third-order valence-electron chi connectivity index (χ3n) is 6.33. The monoisotopic (exact) mass is 494 g/mol. The number of benzene rings is 2. The predicted octanol–water partition coefficient (Wildman–Crippen LogP) is 3.00. The van der Waals surface area contributed by atoms with Crippen LogP contribution in [0.25, 0.3) is 0 Å². The van der Waals surface area contributed by atoms with Crippen molar-refractivity contribution in [1.82, 2.24) is 9.21 Å². The van der Waals surface area contributed by atoms with E-state index in [0.717, 1.165) is 19.3 Å². The van der Waals surface area contributed by atoms with Crippen LogP contribution in [0, 0.1) is 5.82 Å². The van der Waals surface area contributed by atoms with Crippen LogP contribution >= 0.6 is 0 Å². The van der Waals surface area contributed by atoms with Crippen LogP contribution in [-0.2, 0) is 19.9 Å². The zero-order valence-electron chi connectivity index (χ0n) is 18.2. The van der Waals surface area contributed by atoms with Gasteiger partial charge in [-0.05, 0) is 49.6 Å². The minimum absolute atomic E-state index is 0.0000525. The first-order chi connectivity index (χ1) is 15.7. The molecule has 0 spiro atoms. The number of hydrogen-bond acceptors (Lipinski definition) is 5. The highest BCUT2D eigenvalue weighted by atomic mass is 32.2. The van der Waals surface area contributed by atoms with E-state index in [4.69, 9.17) is 0 Å². The number of amides is 1. The third-order valence-corrected chi connectivity index (χ3v) is 10.4. The molecule has 1 amide bonds. The molecule has 33 heavy (non-hydrogen) atoms. The molecule has 10 heteroatoms. The van der Waals surface area contributed by atoms with Crippen molar-refractivity contribution >= 4 is 25.8 Å². The van der Waals surface area contributed by atoms with E-state index in [9.17, 15) is 26.0 Å². The van der Waals surface area contributed by atoms with Crippen molar-refractivity contribution in [2.24, 2.45) is 0 Å². The number of carbonyl (C=O) groups is 1. The molecule has 1 unspecified atom stereocenters. The van der Waals surface area contributed by atoms with E-state index in [1.165, 1.54) is 51.7 Å². The fraction of sp³-hybridized carbons (Fsp3) is 0.435. The molecule has 0 N–H and O–H groups in total. The average Bonchev–Trinajstić information content (AvgIpc) is 2.97. The molecule has 2 aromatic rings. The average molecular weight is 495 g/mol. The Morgan fingerprint density at radius 3 is 2.24 bits per heavy atom. The smallest absolute Gasteiger partial charge is 0.253 e. The van der Waals surface area contributed by atoms with Crippen LogP contribution < -0.4 is 0 Å². The van der Waals surface area contributed by atoms with Crippen molar-refractivity contribution < 1.29 is 26.0 Å². The van der Waals surface area contributed by atoms with Gasteiger partial charge in [0.05, 0.1) is 15.9 Å². The molecule has 1 atom stereocenters. The lowest BCUT2D eigenvalue weighted by Crippen LogP contribution is -2.35. The molecule has 2 aromatic carbocycles. The number of hydrogen-bond donors (Lipinski definition) is 0. The predicted molar refractivity (Wildman–Crippen MR) is 123 cm³/mol. The fourth-order valence-corrected chi connectivity index (χ4v) is 7.76. The quantitative estimate of drug-likeness (QED) is 0.652. The zero-order valence-corrected chi connectivity index (χ0v) is 19.8. The summed E-state index contributed by atoms with van der Waals surface area (Å²) in [5, 5.41) is -1.01. The van der Waals surface area contributed by atoms with Crippen molar-refractivity contribution in [3.05, 3.63) is 65.5 Å². The Hall–Kier alpha value is -2.30. The standard InChI is InChI=1S/C23H27FN2O5S2/c24-21-7-3-2-6-20(21)22-12-15-25(16-17-32(22,28)29)23(27)18-8-10-19(11-9-18)33(30,31)26-13-4-1-5-14-26/h2-3,6-11,22H,1,4-5,12-17H2. The van der Waals surface area contributed by atoms with Crippen LogP contribution in [0.3, 0.4) is 0 Å². The molecule has 0 aromatic heterocycles. The van der Waals surface area contributed by atoms with Gasteiger partial charge >= 0.3 is 0 Å². The largest absolute Gasteiger partial charge is 0.338 e. The summed E-state index contributed by atoms with van der Waals surface area (Å²) in [4.78, 5) is 14.6. The Morgan fingerprint density at radius 1 is 0.909 bits per heavy atom. The highest BCUT2D eigenvalue weighted by Crippen LogP contribution is 2.31. The minimum atomic E-state index is -3.64. The normalized spacial score (nSPS) is 22.0. The summed E-state index contributed by atoms with van der Waals surface area (Å²) >= 11 is 0. The van der Waals surface area contributed by atoms with Crippen LogP contribution in [0.1, 0.15) is 46.9 Å². The number of sulfone groups is 1. The van der Waals surface area contributed by atoms with Gasteiger partial charge < -0.3 is 4.90 Å². The van der Waals surface area contributed by atoms with E-state index in [2.05, 4.69) is 0 Å². The molecular formula is C23H27FN2O5S2. The molecule has 4 rings (SSSR count).